The van der Waals surface area contributed by atoms with Crippen LogP contribution >= 0.6 is 0 Å². The smallest absolute Gasteiger partial charge is 0.226 e. The van der Waals surface area contributed by atoms with E-state index < -0.39 is 0 Å². The van der Waals surface area contributed by atoms with E-state index in [-0.39, 0.29) is 17.8 Å². The first-order valence-electron chi connectivity index (χ1n) is 9.08. The van der Waals surface area contributed by atoms with Crippen LogP contribution in [0.25, 0.3) is 0 Å². The van der Waals surface area contributed by atoms with Gasteiger partial charge in [0.2, 0.25) is 5.91 Å². The number of likely N-dealkylation sites (tertiary alicyclic amines) is 1. The molecule has 24 heavy (non-hydrogen) atoms. The Labute approximate surface area is 142 Å². The van der Waals surface area contributed by atoms with Gasteiger partial charge in [-0.1, -0.05) is 0 Å². The maximum Gasteiger partial charge on any atom is 0.226 e. The van der Waals surface area contributed by atoms with Crippen LogP contribution in [0.15, 0.2) is 24.3 Å². The molecule has 3 fully saturated rings. The second kappa shape index (κ2) is 6.36. The number of rotatable bonds is 3. The number of carbonyl (C=O) groups is 1. The molecule has 3 aliphatic rings. The predicted molar refractivity (Wildman–Crippen MR) is 89.3 cm³/mol. The van der Waals surface area contributed by atoms with Gasteiger partial charge in [0.1, 0.15) is 17.7 Å². The monoisotopic (exact) mass is 332 g/mol. The topological polar surface area (TPSA) is 41.6 Å². The fraction of sp³-hybridized carbons (Fsp3) is 0.632. The van der Waals surface area contributed by atoms with Gasteiger partial charge < -0.3 is 15.0 Å². The fourth-order valence-electron chi connectivity index (χ4n) is 4.29. The van der Waals surface area contributed by atoms with E-state index >= 15 is 0 Å². The molecule has 1 atom stereocenters. The Morgan fingerprint density at radius 1 is 1.17 bits per heavy atom. The zero-order valence-corrected chi connectivity index (χ0v) is 14.0. The third kappa shape index (κ3) is 3.14. The summed E-state index contributed by atoms with van der Waals surface area (Å²) in [5, 5.41) is 3.39. The van der Waals surface area contributed by atoms with Crippen molar-refractivity contribution >= 4 is 5.91 Å². The van der Waals surface area contributed by atoms with Crippen molar-refractivity contribution in [2.75, 3.05) is 26.2 Å². The van der Waals surface area contributed by atoms with Gasteiger partial charge in [-0.15, -0.1) is 0 Å². The quantitative estimate of drug-likeness (QED) is 0.925. The molecule has 1 amide bonds. The molecular weight excluding hydrogens is 307 g/mol. The lowest BCUT2D eigenvalue weighted by Crippen LogP contribution is -2.43. The van der Waals surface area contributed by atoms with Crippen LogP contribution in [0, 0.1) is 17.2 Å². The summed E-state index contributed by atoms with van der Waals surface area (Å²) in [6.07, 6.45) is 5.20. The van der Waals surface area contributed by atoms with Crippen LogP contribution in [0.2, 0.25) is 0 Å². The molecular formula is C19H25FN2O2. The largest absolute Gasteiger partial charge is 0.490 e. The van der Waals surface area contributed by atoms with Gasteiger partial charge in [0.15, 0.2) is 0 Å². The van der Waals surface area contributed by atoms with Gasteiger partial charge in [-0.3, -0.25) is 4.79 Å². The van der Waals surface area contributed by atoms with Crippen LogP contribution in [-0.4, -0.2) is 43.1 Å². The van der Waals surface area contributed by atoms with Crippen molar-refractivity contribution in [2.24, 2.45) is 11.3 Å². The van der Waals surface area contributed by atoms with E-state index in [1.54, 1.807) is 12.1 Å². The molecule has 5 heteroatoms. The van der Waals surface area contributed by atoms with Crippen molar-refractivity contribution < 1.29 is 13.9 Å². The molecule has 0 aromatic heterocycles. The second-order valence-electron chi connectivity index (χ2n) is 7.47. The third-order valence-corrected chi connectivity index (χ3v) is 5.96. The molecule has 4 nitrogen and oxygen atoms in total. The third-order valence-electron chi connectivity index (χ3n) is 5.96. The van der Waals surface area contributed by atoms with Gasteiger partial charge in [0, 0.05) is 31.8 Å². The van der Waals surface area contributed by atoms with Crippen molar-refractivity contribution in [2.45, 2.75) is 38.2 Å². The molecule has 0 bridgehead atoms. The van der Waals surface area contributed by atoms with Crippen LogP contribution in [0.5, 0.6) is 5.75 Å². The standard InChI is InChI=1S/C19H25FN2O2/c20-14-1-3-15(4-2-14)24-16-5-11-22(12-6-16)18(23)17-13-19(17)7-9-21-10-8-19/h1-4,16-17,21H,5-13H2. The molecule has 2 aliphatic heterocycles. The van der Waals surface area contributed by atoms with Gasteiger partial charge in [0.25, 0.3) is 0 Å². The highest BCUT2D eigenvalue weighted by Gasteiger charge is 2.58. The molecule has 2 heterocycles. The first kappa shape index (κ1) is 15.9. The molecule has 1 N–H and O–H groups in total. The molecule has 2 saturated heterocycles. The van der Waals surface area contributed by atoms with Crippen LogP contribution in [0.1, 0.15) is 32.1 Å². The number of amides is 1. The molecule has 1 unspecified atom stereocenters. The van der Waals surface area contributed by atoms with Crippen molar-refractivity contribution in [3.63, 3.8) is 0 Å². The molecule has 130 valence electrons. The minimum atomic E-state index is -0.251. The summed E-state index contributed by atoms with van der Waals surface area (Å²) in [6.45, 7) is 3.65. The van der Waals surface area contributed by atoms with Gasteiger partial charge in [-0.25, -0.2) is 4.39 Å². The number of nitrogens with zero attached hydrogens (tertiary/aromatic N) is 1. The summed E-state index contributed by atoms with van der Waals surface area (Å²) in [5.74, 6) is 1.07. The first-order chi connectivity index (χ1) is 11.7. The van der Waals surface area contributed by atoms with Crippen molar-refractivity contribution in [3.05, 3.63) is 30.1 Å². The average molecular weight is 332 g/mol. The zero-order chi connectivity index (χ0) is 16.6. The zero-order valence-electron chi connectivity index (χ0n) is 14.0. The fourth-order valence-corrected chi connectivity index (χ4v) is 4.29. The minimum Gasteiger partial charge on any atom is -0.490 e. The number of ether oxygens (including phenoxy) is 1. The Bertz CT molecular complexity index is 590. The number of nitrogens with one attached hydrogen (secondary N) is 1. The highest BCUT2D eigenvalue weighted by Crippen LogP contribution is 2.59. The van der Waals surface area contributed by atoms with E-state index in [1.807, 2.05) is 4.90 Å². The molecule has 1 saturated carbocycles. The SMILES string of the molecule is O=C(C1CC12CCNCC2)N1CCC(Oc2ccc(F)cc2)CC1. The van der Waals surface area contributed by atoms with Crippen molar-refractivity contribution in [1.82, 2.24) is 10.2 Å². The molecule has 1 aromatic rings. The molecule has 1 aromatic carbocycles. The number of hydrogen-bond donors (Lipinski definition) is 1. The molecule has 1 spiro atoms. The number of benzene rings is 1. The van der Waals surface area contributed by atoms with E-state index in [0.29, 0.717) is 17.1 Å². The Morgan fingerprint density at radius 2 is 1.83 bits per heavy atom. The maximum absolute atomic E-state index is 12.9. The van der Waals surface area contributed by atoms with Gasteiger partial charge in [0.05, 0.1) is 0 Å². The molecule has 1 aliphatic carbocycles. The van der Waals surface area contributed by atoms with Gasteiger partial charge in [-0.05, 0) is 62.0 Å². The summed E-state index contributed by atoms with van der Waals surface area (Å²) in [4.78, 5) is 14.8. The van der Waals surface area contributed by atoms with Crippen molar-refractivity contribution in [1.29, 1.82) is 0 Å². The number of hydrogen-bond acceptors (Lipinski definition) is 3. The first-order valence-corrected chi connectivity index (χ1v) is 9.08. The summed E-state index contributed by atoms with van der Waals surface area (Å²) in [7, 11) is 0. The van der Waals surface area contributed by atoms with E-state index in [4.69, 9.17) is 4.74 Å². The van der Waals surface area contributed by atoms with E-state index in [1.165, 1.54) is 12.1 Å². The summed E-state index contributed by atoms with van der Waals surface area (Å²) < 4.78 is 18.8. The van der Waals surface area contributed by atoms with Crippen molar-refractivity contribution in [3.8, 4) is 5.75 Å². The maximum atomic E-state index is 12.9. The van der Waals surface area contributed by atoms with E-state index in [2.05, 4.69) is 5.32 Å². The lowest BCUT2D eigenvalue weighted by molar-refractivity contribution is -0.135. The van der Waals surface area contributed by atoms with E-state index in [0.717, 1.165) is 58.3 Å². The predicted octanol–water partition coefficient (Wildman–Crippen LogP) is 2.59. The second-order valence-corrected chi connectivity index (χ2v) is 7.47. The lowest BCUT2D eigenvalue weighted by atomic mass is 9.91. The number of halogens is 1. The molecule has 4 rings (SSSR count). The number of carbonyl (C=O) groups excluding carboxylic acids is 1. The highest BCUT2D eigenvalue weighted by molar-refractivity contribution is 5.82. The van der Waals surface area contributed by atoms with Gasteiger partial charge in [-0.2, -0.15) is 0 Å². The van der Waals surface area contributed by atoms with Crippen LogP contribution in [0.3, 0.4) is 0 Å². The normalized spacial score (nSPS) is 26.4. The summed E-state index contributed by atoms with van der Waals surface area (Å²) in [5.41, 5.74) is 0.309. The Kier molecular flexibility index (Phi) is 4.21. The summed E-state index contributed by atoms with van der Waals surface area (Å²) >= 11 is 0. The Hall–Kier alpha value is -1.62. The highest BCUT2D eigenvalue weighted by atomic mass is 19.1. The number of piperidine rings is 2. The summed E-state index contributed by atoms with van der Waals surface area (Å²) in [6, 6.07) is 6.16. The lowest BCUT2D eigenvalue weighted by Gasteiger charge is -2.33. The minimum absolute atomic E-state index is 0.117. The van der Waals surface area contributed by atoms with E-state index in [9.17, 15) is 9.18 Å². The van der Waals surface area contributed by atoms with Crippen LogP contribution in [0.4, 0.5) is 4.39 Å². The van der Waals surface area contributed by atoms with Gasteiger partial charge >= 0.3 is 0 Å². The average Bonchev–Trinajstić information content (AvgIpc) is 3.30. The van der Waals surface area contributed by atoms with Crippen LogP contribution in [-0.2, 0) is 4.79 Å². The Balaban J connectivity index is 1.27. The Morgan fingerprint density at radius 3 is 2.50 bits per heavy atom. The van der Waals surface area contributed by atoms with Crippen LogP contribution < -0.4 is 10.1 Å². The molecule has 0 radical (unpaired) electrons.